The van der Waals surface area contributed by atoms with Crippen molar-refractivity contribution in [1.82, 2.24) is 0 Å². The van der Waals surface area contributed by atoms with E-state index >= 15 is 0 Å². The summed E-state index contributed by atoms with van der Waals surface area (Å²) in [5.41, 5.74) is -0.240. The van der Waals surface area contributed by atoms with Gasteiger partial charge in [-0.1, -0.05) is 32.8 Å². The molecule has 1 aromatic carbocycles. The van der Waals surface area contributed by atoms with Crippen LogP contribution in [-0.2, 0) is 0 Å². The Bertz CT molecular complexity index is 423. The van der Waals surface area contributed by atoms with E-state index < -0.39 is 28.8 Å². The maximum Gasteiger partial charge on any atom is 0.169 e. The van der Waals surface area contributed by atoms with Crippen LogP contribution in [0.5, 0.6) is 0 Å². The van der Waals surface area contributed by atoms with Crippen LogP contribution >= 0.6 is 0 Å². The van der Waals surface area contributed by atoms with E-state index in [1.54, 1.807) is 6.08 Å². The molecule has 4 heteroatoms. The first-order valence-electron chi connectivity index (χ1n) is 6.05. The van der Waals surface area contributed by atoms with Gasteiger partial charge < -0.3 is 0 Å². The molecular weight excluding hydrogens is 244 g/mol. The molecule has 0 aliphatic carbocycles. The molecule has 0 spiro atoms. The average Bonchev–Trinajstić information content (AvgIpc) is 2.33. The molecule has 0 aliphatic rings. The zero-order chi connectivity index (χ0) is 13.7. The molecule has 0 aliphatic heterocycles. The van der Waals surface area contributed by atoms with Gasteiger partial charge in [0.15, 0.2) is 23.3 Å². The molecule has 0 fully saturated rings. The summed E-state index contributed by atoms with van der Waals surface area (Å²) in [5, 5.41) is 0. The van der Waals surface area contributed by atoms with Gasteiger partial charge in [0.2, 0.25) is 0 Å². The molecule has 1 rings (SSSR count). The number of halogens is 4. The van der Waals surface area contributed by atoms with E-state index in [1.807, 2.05) is 13.8 Å². The van der Waals surface area contributed by atoms with Crippen molar-refractivity contribution in [2.75, 3.05) is 0 Å². The van der Waals surface area contributed by atoms with Gasteiger partial charge in [-0.05, 0) is 18.4 Å². The number of benzene rings is 1. The van der Waals surface area contributed by atoms with Crippen LogP contribution in [-0.4, -0.2) is 0 Å². The van der Waals surface area contributed by atoms with Crippen LogP contribution in [0.2, 0.25) is 0 Å². The van der Waals surface area contributed by atoms with E-state index in [0.717, 1.165) is 6.42 Å². The largest absolute Gasteiger partial charge is 0.204 e. The van der Waals surface area contributed by atoms with Crippen molar-refractivity contribution in [1.29, 1.82) is 0 Å². The van der Waals surface area contributed by atoms with Crippen LogP contribution in [0.15, 0.2) is 12.1 Å². The van der Waals surface area contributed by atoms with E-state index in [0.29, 0.717) is 24.8 Å². The second-order valence-electron chi connectivity index (χ2n) is 4.11. The molecule has 1 aromatic rings. The summed E-state index contributed by atoms with van der Waals surface area (Å²) in [4.78, 5) is 0. The van der Waals surface area contributed by atoms with Gasteiger partial charge in [-0.15, -0.1) is 0 Å². The van der Waals surface area contributed by atoms with Gasteiger partial charge in [0.05, 0.1) is 5.56 Å². The number of unbranched alkanes of at least 4 members (excludes halogenated alkanes) is 1. The molecule has 0 atom stereocenters. The third-order valence-corrected chi connectivity index (χ3v) is 2.63. The molecule has 0 amide bonds. The fraction of sp³-hybridized carbons (Fsp3) is 0.429. The van der Waals surface area contributed by atoms with Crippen molar-refractivity contribution in [3.8, 4) is 0 Å². The van der Waals surface area contributed by atoms with Crippen molar-refractivity contribution in [2.45, 2.75) is 39.5 Å². The fourth-order valence-electron chi connectivity index (χ4n) is 1.77. The lowest BCUT2D eigenvalue weighted by atomic mass is 9.98. The molecule has 0 aromatic heterocycles. The highest BCUT2D eigenvalue weighted by molar-refractivity contribution is 5.66. The minimum absolute atomic E-state index is 0.234. The summed E-state index contributed by atoms with van der Waals surface area (Å²) >= 11 is 0. The maximum absolute atomic E-state index is 13.6. The predicted molar refractivity (Wildman–Crippen MR) is 64.1 cm³/mol. The Morgan fingerprint density at radius 1 is 1.00 bits per heavy atom. The number of allylic oxidation sites excluding steroid dienone is 2. The monoisotopic (exact) mass is 260 g/mol. The molecule has 0 nitrogen and oxygen atoms in total. The van der Waals surface area contributed by atoms with Crippen molar-refractivity contribution in [3.05, 3.63) is 41.0 Å². The van der Waals surface area contributed by atoms with Gasteiger partial charge in [-0.25, -0.2) is 17.6 Å². The third-order valence-electron chi connectivity index (χ3n) is 2.63. The zero-order valence-corrected chi connectivity index (χ0v) is 10.5. The van der Waals surface area contributed by atoms with Crippen LogP contribution in [0.3, 0.4) is 0 Å². The van der Waals surface area contributed by atoms with E-state index in [4.69, 9.17) is 0 Å². The average molecular weight is 260 g/mol. The van der Waals surface area contributed by atoms with Crippen molar-refractivity contribution in [2.24, 2.45) is 0 Å². The molecule has 0 saturated heterocycles. The third kappa shape index (κ3) is 3.12. The first-order valence-corrected chi connectivity index (χ1v) is 6.05. The fourth-order valence-corrected chi connectivity index (χ4v) is 1.77. The van der Waals surface area contributed by atoms with Crippen molar-refractivity contribution < 1.29 is 17.6 Å². The van der Waals surface area contributed by atoms with Crippen LogP contribution in [0, 0.1) is 23.3 Å². The number of rotatable bonds is 5. The first kappa shape index (κ1) is 14.7. The summed E-state index contributed by atoms with van der Waals surface area (Å²) in [6.07, 6.45) is 4.09. The maximum atomic E-state index is 13.6. The summed E-state index contributed by atoms with van der Waals surface area (Å²) in [6.45, 7) is 3.75. The van der Waals surface area contributed by atoms with Gasteiger partial charge in [-0.2, -0.15) is 0 Å². The summed E-state index contributed by atoms with van der Waals surface area (Å²) in [5.74, 6) is -5.35. The molecule has 100 valence electrons. The zero-order valence-electron chi connectivity index (χ0n) is 10.5. The smallest absolute Gasteiger partial charge is 0.169 e. The Morgan fingerprint density at radius 3 is 2.00 bits per heavy atom. The lowest BCUT2D eigenvalue weighted by Crippen LogP contribution is -2.02. The van der Waals surface area contributed by atoms with Crippen molar-refractivity contribution >= 4 is 5.57 Å². The molecule has 0 saturated carbocycles. The highest BCUT2D eigenvalue weighted by Gasteiger charge is 2.21. The van der Waals surface area contributed by atoms with Crippen molar-refractivity contribution in [3.63, 3.8) is 0 Å². The second-order valence-corrected chi connectivity index (χ2v) is 4.11. The van der Waals surface area contributed by atoms with Gasteiger partial charge in [0.1, 0.15) is 0 Å². The number of hydrogen-bond donors (Lipinski definition) is 0. The topological polar surface area (TPSA) is 0 Å². The normalized spacial score (nSPS) is 12.0. The summed E-state index contributed by atoms with van der Waals surface area (Å²) < 4.78 is 53.5. The minimum atomic E-state index is -1.36. The lowest BCUT2D eigenvalue weighted by molar-refractivity contribution is 0.449. The summed E-state index contributed by atoms with van der Waals surface area (Å²) in [7, 11) is 0. The van der Waals surface area contributed by atoms with Crippen LogP contribution in [0.1, 0.15) is 45.1 Å². The van der Waals surface area contributed by atoms with E-state index in [2.05, 4.69) is 0 Å². The lowest BCUT2D eigenvalue weighted by Gasteiger charge is -2.10. The Hall–Kier alpha value is -1.32. The van der Waals surface area contributed by atoms with Gasteiger partial charge >= 0.3 is 0 Å². The summed E-state index contributed by atoms with van der Waals surface area (Å²) in [6, 6.07) is 0.234. The molecule has 0 N–H and O–H groups in total. The van der Waals surface area contributed by atoms with Crippen LogP contribution in [0.25, 0.3) is 5.57 Å². The highest BCUT2D eigenvalue weighted by Crippen LogP contribution is 2.29. The van der Waals surface area contributed by atoms with E-state index in [1.165, 1.54) is 0 Å². The quantitative estimate of drug-likeness (QED) is 0.502. The van der Waals surface area contributed by atoms with Crippen LogP contribution in [0.4, 0.5) is 17.6 Å². The van der Waals surface area contributed by atoms with Crippen LogP contribution < -0.4 is 0 Å². The number of hydrogen-bond acceptors (Lipinski definition) is 0. The SMILES string of the molecule is CCC/C=C(\CCC)c1c(F)c(F)cc(F)c1F. The Morgan fingerprint density at radius 2 is 1.56 bits per heavy atom. The Kier molecular flexibility index (Phi) is 5.38. The Balaban J connectivity index is 3.35. The molecular formula is C14H16F4. The first-order chi connectivity index (χ1) is 8.52. The van der Waals surface area contributed by atoms with E-state index in [-0.39, 0.29) is 6.07 Å². The predicted octanol–water partition coefficient (Wildman–Crippen LogP) is 5.23. The van der Waals surface area contributed by atoms with E-state index in [9.17, 15) is 17.6 Å². The molecule has 0 unspecified atom stereocenters. The highest BCUT2D eigenvalue weighted by atomic mass is 19.2. The van der Waals surface area contributed by atoms with Gasteiger partial charge in [-0.3, -0.25) is 0 Å². The van der Waals surface area contributed by atoms with Gasteiger partial charge in [0.25, 0.3) is 0 Å². The molecule has 0 radical (unpaired) electrons. The second kappa shape index (κ2) is 6.57. The minimum Gasteiger partial charge on any atom is -0.204 e. The van der Waals surface area contributed by atoms with Gasteiger partial charge in [0, 0.05) is 6.07 Å². The standard InChI is InChI=1S/C14H16F4/c1-3-5-7-9(6-4-2)12-13(17)10(15)8-11(16)14(12)18/h7-8H,3-6H2,1-2H3/b9-7+. The molecule has 18 heavy (non-hydrogen) atoms. The molecule has 0 bridgehead atoms. The molecule has 0 heterocycles. The Labute approximate surface area is 104 Å².